The second-order valence-electron chi connectivity index (χ2n) is 1.43. The molecule has 0 aromatic heterocycles. The molecule has 8 heavy (non-hydrogen) atoms. The maximum Gasteiger partial charge on any atom is 0.0361 e. The van der Waals surface area contributed by atoms with Crippen molar-refractivity contribution in [1.82, 2.24) is 0 Å². The molecule has 0 fully saturated rings. The summed E-state index contributed by atoms with van der Waals surface area (Å²) in [6.45, 7) is 0. The van der Waals surface area contributed by atoms with Gasteiger partial charge in [0, 0.05) is 5.08 Å². The van der Waals surface area contributed by atoms with Gasteiger partial charge < -0.3 is 0 Å². The lowest BCUT2D eigenvalue weighted by molar-refractivity contribution is 0.920. The Kier molecular flexibility index (Phi) is 9.94. The number of hydrogen-bond donors (Lipinski definition) is 1. The van der Waals surface area contributed by atoms with Crippen LogP contribution in [0.4, 0.5) is 0 Å². The van der Waals surface area contributed by atoms with Crippen molar-refractivity contribution in [3.8, 4) is 0 Å². The first-order valence-electron chi connectivity index (χ1n) is 2.66. The summed E-state index contributed by atoms with van der Waals surface area (Å²) >= 11 is 8.40. The number of halogens is 1. The summed E-state index contributed by atoms with van der Waals surface area (Å²) in [5.41, 5.74) is 0. The van der Waals surface area contributed by atoms with Crippen LogP contribution in [-0.4, -0.2) is 15.3 Å². The number of thiol groups is 1. The smallest absolute Gasteiger partial charge is 0.0361 e. The molecule has 3 heteroatoms. The molecule has 0 saturated heterocycles. The van der Waals surface area contributed by atoms with E-state index < -0.39 is 0 Å². The minimum absolute atomic E-state index is 0.973. The number of rotatable bonds is 5. The molecule has 0 rings (SSSR count). The highest BCUT2D eigenvalue weighted by atomic mass is 127. The van der Waals surface area contributed by atoms with Crippen LogP contribution in [0.2, 0.25) is 0 Å². The third-order valence-corrected chi connectivity index (χ3v) is 2.83. The lowest BCUT2D eigenvalue weighted by atomic mass is 10.4. The maximum absolute atomic E-state index is 4.08. The molecule has 0 radical (unpaired) electrons. The molecule has 0 aliphatic rings. The lowest BCUT2D eigenvalue weighted by Crippen LogP contribution is -1.79. The van der Waals surface area contributed by atoms with Crippen LogP contribution in [0.5, 0.6) is 0 Å². The molecule has 0 nitrogen and oxygen atoms in total. The third-order valence-electron chi connectivity index (χ3n) is 0.764. The molecule has 0 aliphatic carbocycles. The van der Waals surface area contributed by atoms with Gasteiger partial charge in [-0.25, -0.2) is 0 Å². The summed E-state index contributed by atoms with van der Waals surface area (Å²) in [4.78, 5) is 0. The van der Waals surface area contributed by atoms with Gasteiger partial charge in [-0.05, 0) is 23.0 Å². The van der Waals surface area contributed by atoms with Gasteiger partial charge in [0.2, 0.25) is 0 Å². The molecule has 0 aromatic carbocycles. The van der Waals surface area contributed by atoms with Crippen molar-refractivity contribution in [2.45, 2.75) is 12.8 Å². The summed E-state index contributed by atoms with van der Waals surface area (Å²) in [6, 6.07) is 0. The molecule has 0 saturated carbocycles. The molecule has 0 spiro atoms. The number of hydrogen-bond acceptors (Lipinski definition) is 2. The van der Waals surface area contributed by atoms with E-state index in [2.05, 4.69) is 35.2 Å². The van der Waals surface area contributed by atoms with Crippen molar-refractivity contribution < 1.29 is 0 Å². The first-order valence-corrected chi connectivity index (χ1v) is 5.97. The first kappa shape index (κ1) is 9.43. The van der Waals surface area contributed by atoms with Crippen molar-refractivity contribution in [1.29, 1.82) is 0 Å². The van der Waals surface area contributed by atoms with Crippen molar-refractivity contribution in [2.75, 3.05) is 15.3 Å². The van der Waals surface area contributed by atoms with Crippen LogP contribution in [0.15, 0.2) is 0 Å². The number of thioether (sulfide) groups is 1. The summed E-state index contributed by atoms with van der Waals surface area (Å²) in [7, 11) is 0. The Bertz CT molecular complexity index is 35.4. The fraction of sp³-hybridized carbons (Fsp3) is 1.00. The van der Waals surface area contributed by atoms with E-state index in [1.807, 2.05) is 11.8 Å². The Morgan fingerprint density at radius 1 is 1.38 bits per heavy atom. The molecule has 0 unspecified atom stereocenters. The predicted molar refractivity (Wildman–Crippen MR) is 54.4 cm³/mol. The average molecular weight is 262 g/mol. The minimum Gasteiger partial charge on any atom is -0.168 e. The normalized spacial score (nSPS) is 9.75. The Labute approximate surface area is 74.7 Å². The summed E-state index contributed by atoms with van der Waals surface area (Å²) in [5.74, 6) is 1.28. The molecule has 0 atom stereocenters. The van der Waals surface area contributed by atoms with E-state index in [1.54, 1.807) is 0 Å². The zero-order valence-electron chi connectivity index (χ0n) is 4.77. The highest BCUT2D eigenvalue weighted by Gasteiger charge is 1.84. The van der Waals surface area contributed by atoms with Gasteiger partial charge in [-0.3, -0.25) is 0 Å². The van der Waals surface area contributed by atoms with Crippen LogP contribution >= 0.6 is 47.0 Å². The molecule has 0 amide bonds. The molecule has 0 N–H and O–H groups in total. The van der Waals surface area contributed by atoms with Gasteiger partial charge in [-0.2, -0.15) is 24.4 Å². The topological polar surface area (TPSA) is 0 Å². The Hall–Kier alpha value is 1.43. The van der Waals surface area contributed by atoms with Crippen LogP contribution in [0, 0.1) is 0 Å². The Morgan fingerprint density at radius 3 is 2.62 bits per heavy atom. The average Bonchev–Trinajstić information content (AvgIpc) is 1.81. The largest absolute Gasteiger partial charge is 0.168 e. The van der Waals surface area contributed by atoms with Gasteiger partial charge in [-0.1, -0.05) is 22.6 Å². The first-order chi connectivity index (χ1) is 3.91. The monoisotopic (exact) mass is 262 g/mol. The fourth-order valence-corrected chi connectivity index (χ4v) is 1.83. The van der Waals surface area contributed by atoms with Gasteiger partial charge in [-0.15, -0.1) is 0 Å². The van der Waals surface area contributed by atoms with Crippen LogP contribution in [0.1, 0.15) is 12.8 Å². The predicted octanol–water partition coefficient (Wildman–Crippen LogP) is 2.82. The van der Waals surface area contributed by atoms with E-state index >= 15 is 0 Å². The highest BCUT2D eigenvalue weighted by Crippen LogP contribution is 2.06. The van der Waals surface area contributed by atoms with Gasteiger partial charge >= 0.3 is 0 Å². The van der Waals surface area contributed by atoms with E-state index in [0.29, 0.717) is 0 Å². The third kappa shape index (κ3) is 7.43. The molecule has 0 aromatic rings. The Morgan fingerprint density at radius 2 is 2.12 bits per heavy atom. The van der Waals surface area contributed by atoms with E-state index in [0.717, 1.165) is 5.08 Å². The second kappa shape index (κ2) is 8.43. The molecule has 50 valence electrons. The zero-order valence-corrected chi connectivity index (χ0v) is 8.64. The van der Waals surface area contributed by atoms with Crippen molar-refractivity contribution in [2.24, 2.45) is 0 Å². The summed E-state index contributed by atoms with van der Waals surface area (Å²) < 4.78 is 1.30. The van der Waals surface area contributed by atoms with Crippen molar-refractivity contribution >= 4 is 47.0 Å². The zero-order chi connectivity index (χ0) is 6.24. The maximum atomic E-state index is 4.08. The van der Waals surface area contributed by atoms with E-state index in [1.165, 1.54) is 23.0 Å². The fourth-order valence-electron chi connectivity index (χ4n) is 0.363. The lowest BCUT2D eigenvalue weighted by Gasteiger charge is -1.93. The van der Waals surface area contributed by atoms with Gasteiger partial charge in [0.05, 0.1) is 0 Å². The quantitative estimate of drug-likeness (QED) is 0.261. The number of unbranched alkanes of at least 4 members (excludes halogenated alkanes) is 1. The molecular formula is C5H11IS2. The van der Waals surface area contributed by atoms with Gasteiger partial charge in [0.1, 0.15) is 0 Å². The standard InChI is InChI=1S/C5H11IS2/c6-3-1-2-4-8-5-7/h7H,1-5H2. The SMILES string of the molecule is SCSCCCCI. The highest BCUT2D eigenvalue weighted by molar-refractivity contribution is 14.1. The van der Waals surface area contributed by atoms with Crippen LogP contribution in [0.3, 0.4) is 0 Å². The van der Waals surface area contributed by atoms with Crippen molar-refractivity contribution in [3.63, 3.8) is 0 Å². The van der Waals surface area contributed by atoms with Gasteiger partial charge in [0.15, 0.2) is 0 Å². The van der Waals surface area contributed by atoms with Crippen LogP contribution < -0.4 is 0 Å². The van der Waals surface area contributed by atoms with Crippen LogP contribution in [0.25, 0.3) is 0 Å². The molecule has 0 bridgehead atoms. The molecular weight excluding hydrogens is 251 g/mol. The second-order valence-corrected chi connectivity index (χ2v) is 4.36. The summed E-state index contributed by atoms with van der Waals surface area (Å²) in [6.07, 6.45) is 2.72. The molecule has 0 aliphatic heterocycles. The van der Waals surface area contributed by atoms with Gasteiger partial charge in [0.25, 0.3) is 0 Å². The molecule has 0 heterocycles. The van der Waals surface area contributed by atoms with E-state index in [-0.39, 0.29) is 0 Å². The Balaban J connectivity index is 2.53. The summed E-state index contributed by atoms with van der Waals surface area (Å²) in [5, 5.41) is 0.973. The number of alkyl halides is 1. The minimum atomic E-state index is 0.973. The van der Waals surface area contributed by atoms with Crippen LogP contribution in [-0.2, 0) is 0 Å². The van der Waals surface area contributed by atoms with E-state index in [4.69, 9.17) is 0 Å². The van der Waals surface area contributed by atoms with Crippen molar-refractivity contribution in [3.05, 3.63) is 0 Å². The van der Waals surface area contributed by atoms with E-state index in [9.17, 15) is 0 Å².